The molecule has 0 aromatic carbocycles. The van der Waals surface area contributed by atoms with E-state index in [9.17, 15) is 0 Å². The Hall–Kier alpha value is -2.70. The van der Waals surface area contributed by atoms with Crippen molar-refractivity contribution < 1.29 is 0 Å². The number of nitrogen functional groups attached to an aromatic ring is 1. The Morgan fingerprint density at radius 3 is 2.81 bits per heavy atom. The lowest BCUT2D eigenvalue weighted by molar-refractivity contribution is 0.681. The second-order valence-electron chi connectivity index (χ2n) is 4.88. The van der Waals surface area contributed by atoms with Gasteiger partial charge in [0.2, 0.25) is 0 Å². The molecule has 21 heavy (non-hydrogen) atoms. The Morgan fingerprint density at radius 2 is 2.10 bits per heavy atom. The van der Waals surface area contributed by atoms with E-state index in [4.69, 9.17) is 5.73 Å². The van der Waals surface area contributed by atoms with Gasteiger partial charge in [0.05, 0.1) is 24.4 Å². The summed E-state index contributed by atoms with van der Waals surface area (Å²) in [5.74, 6) is 1.02. The van der Waals surface area contributed by atoms with E-state index in [0.29, 0.717) is 11.6 Å². The lowest BCUT2D eigenvalue weighted by Crippen LogP contribution is -2.03. The minimum absolute atomic E-state index is 0.433. The van der Waals surface area contributed by atoms with Crippen LogP contribution in [0.4, 0.5) is 5.82 Å². The summed E-state index contributed by atoms with van der Waals surface area (Å²) < 4.78 is 3.76. The van der Waals surface area contributed by atoms with Crippen molar-refractivity contribution in [1.29, 1.82) is 0 Å². The highest BCUT2D eigenvalue weighted by molar-refractivity contribution is 5.64. The van der Waals surface area contributed by atoms with E-state index in [1.165, 1.54) is 0 Å². The number of hydrogen-bond acceptors (Lipinski definition) is 5. The van der Waals surface area contributed by atoms with Crippen LogP contribution in [-0.2, 0) is 13.6 Å². The van der Waals surface area contributed by atoms with Gasteiger partial charge in [0, 0.05) is 31.4 Å². The predicted molar refractivity (Wildman–Crippen MR) is 80.2 cm³/mol. The number of imidazole rings is 1. The normalized spacial score (nSPS) is 11.0. The second-order valence-corrected chi connectivity index (χ2v) is 4.88. The molecule has 3 rings (SSSR count). The van der Waals surface area contributed by atoms with Crippen LogP contribution in [0, 0.1) is 0 Å². The smallest absolute Gasteiger partial charge is 0.180 e. The summed E-state index contributed by atoms with van der Waals surface area (Å²) in [6.45, 7) is 2.99. The molecule has 0 spiro atoms. The molecule has 0 saturated heterocycles. The van der Waals surface area contributed by atoms with Gasteiger partial charge in [-0.2, -0.15) is 5.10 Å². The van der Waals surface area contributed by atoms with Crippen LogP contribution in [0.2, 0.25) is 0 Å². The molecule has 7 heteroatoms. The maximum absolute atomic E-state index is 5.93. The zero-order valence-corrected chi connectivity index (χ0v) is 12.1. The molecule has 0 amide bonds. The first-order valence-electron chi connectivity index (χ1n) is 6.81. The largest absolute Gasteiger partial charge is 0.384 e. The van der Waals surface area contributed by atoms with E-state index in [1.54, 1.807) is 29.5 Å². The fourth-order valence-corrected chi connectivity index (χ4v) is 2.21. The highest BCUT2D eigenvalue weighted by Gasteiger charge is 2.12. The van der Waals surface area contributed by atoms with E-state index < -0.39 is 0 Å². The van der Waals surface area contributed by atoms with E-state index >= 15 is 0 Å². The van der Waals surface area contributed by atoms with E-state index in [-0.39, 0.29) is 0 Å². The van der Waals surface area contributed by atoms with Crippen molar-refractivity contribution in [1.82, 2.24) is 29.3 Å². The first-order valence-corrected chi connectivity index (χ1v) is 6.81. The van der Waals surface area contributed by atoms with Gasteiger partial charge in [-0.3, -0.25) is 4.68 Å². The molecule has 0 aliphatic heterocycles. The Balaban J connectivity index is 2.07. The Labute approximate surface area is 122 Å². The van der Waals surface area contributed by atoms with Gasteiger partial charge in [-0.15, -0.1) is 0 Å². The van der Waals surface area contributed by atoms with Gasteiger partial charge in [0.1, 0.15) is 11.5 Å². The average Bonchev–Trinajstić information content (AvgIpc) is 3.07. The molecule has 3 aromatic rings. The molecule has 0 bridgehead atoms. The van der Waals surface area contributed by atoms with Crippen molar-refractivity contribution in [3.63, 3.8) is 0 Å². The third-order valence-corrected chi connectivity index (χ3v) is 3.15. The number of aryl methyl sites for hydroxylation is 2. The number of nitrogens with zero attached hydrogens (tertiary/aromatic N) is 6. The molecule has 3 aromatic heterocycles. The summed E-state index contributed by atoms with van der Waals surface area (Å²) in [5, 5.41) is 4.16. The minimum Gasteiger partial charge on any atom is -0.384 e. The molecular weight excluding hydrogens is 266 g/mol. The predicted octanol–water partition coefficient (Wildman–Crippen LogP) is 1.73. The second kappa shape index (κ2) is 5.35. The van der Waals surface area contributed by atoms with Gasteiger partial charge in [-0.05, 0) is 6.42 Å². The maximum Gasteiger partial charge on any atom is 0.180 e. The standard InChI is InChI=1S/C14H17N7/c1-3-4-21-9-16-7-12(21)14-18-11(5-13(15)19-14)10-6-17-20(2)8-10/h5-9H,3-4H2,1-2H3,(H2,15,18,19). The molecule has 0 saturated carbocycles. The van der Waals surface area contributed by atoms with Gasteiger partial charge in [0.25, 0.3) is 0 Å². The molecular formula is C14H17N7. The zero-order chi connectivity index (χ0) is 14.8. The first kappa shape index (κ1) is 13.3. The number of anilines is 1. The monoisotopic (exact) mass is 283 g/mol. The summed E-state index contributed by atoms with van der Waals surface area (Å²) in [4.78, 5) is 13.1. The molecule has 2 N–H and O–H groups in total. The van der Waals surface area contributed by atoms with Crippen LogP contribution in [0.1, 0.15) is 13.3 Å². The summed E-state index contributed by atoms with van der Waals surface area (Å²) in [7, 11) is 1.87. The number of nitrogens with two attached hydrogens (primary N) is 1. The van der Waals surface area contributed by atoms with Gasteiger partial charge in [0.15, 0.2) is 5.82 Å². The van der Waals surface area contributed by atoms with Crippen molar-refractivity contribution in [2.75, 3.05) is 5.73 Å². The van der Waals surface area contributed by atoms with Gasteiger partial charge >= 0.3 is 0 Å². The van der Waals surface area contributed by atoms with E-state index in [1.807, 2.05) is 17.8 Å². The SMILES string of the molecule is CCCn1cncc1-c1nc(N)cc(-c2cnn(C)c2)n1. The topological polar surface area (TPSA) is 87.4 Å². The third kappa shape index (κ3) is 2.62. The molecule has 0 aliphatic carbocycles. The molecule has 0 atom stereocenters. The zero-order valence-electron chi connectivity index (χ0n) is 12.1. The van der Waals surface area contributed by atoms with Crippen LogP contribution in [-0.4, -0.2) is 29.3 Å². The van der Waals surface area contributed by atoms with E-state index in [2.05, 4.69) is 27.0 Å². The molecule has 7 nitrogen and oxygen atoms in total. The fraction of sp³-hybridized carbons (Fsp3) is 0.286. The summed E-state index contributed by atoms with van der Waals surface area (Å²) in [6.07, 6.45) is 8.22. The van der Waals surface area contributed by atoms with E-state index in [0.717, 1.165) is 29.9 Å². The first-order chi connectivity index (χ1) is 10.2. The summed E-state index contributed by atoms with van der Waals surface area (Å²) in [5.41, 5.74) is 8.47. The van der Waals surface area contributed by atoms with Gasteiger partial charge in [-0.1, -0.05) is 6.92 Å². The van der Waals surface area contributed by atoms with Crippen molar-refractivity contribution >= 4 is 5.82 Å². The van der Waals surface area contributed by atoms with Crippen molar-refractivity contribution in [3.8, 4) is 22.8 Å². The van der Waals surface area contributed by atoms with Crippen molar-refractivity contribution in [3.05, 3.63) is 31.0 Å². The fourth-order valence-electron chi connectivity index (χ4n) is 2.21. The molecule has 0 aliphatic rings. The molecule has 0 unspecified atom stereocenters. The quantitative estimate of drug-likeness (QED) is 0.788. The third-order valence-electron chi connectivity index (χ3n) is 3.15. The number of aromatic nitrogens is 6. The maximum atomic E-state index is 5.93. The molecule has 0 radical (unpaired) electrons. The van der Waals surface area contributed by atoms with Gasteiger partial charge < -0.3 is 10.3 Å². The van der Waals surface area contributed by atoms with Crippen LogP contribution < -0.4 is 5.73 Å². The van der Waals surface area contributed by atoms with Crippen LogP contribution in [0.5, 0.6) is 0 Å². The Morgan fingerprint density at radius 1 is 1.24 bits per heavy atom. The van der Waals surface area contributed by atoms with Crippen molar-refractivity contribution in [2.24, 2.45) is 7.05 Å². The van der Waals surface area contributed by atoms with Crippen LogP contribution >= 0.6 is 0 Å². The lowest BCUT2D eigenvalue weighted by Gasteiger charge is -2.07. The van der Waals surface area contributed by atoms with Crippen LogP contribution in [0.3, 0.4) is 0 Å². The van der Waals surface area contributed by atoms with Gasteiger partial charge in [-0.25, -0.2) is 15.0 Å². The minimum atomic E-state index is 0.433. The summed E-state index contributed by atoms with van der Waals surface area (Å²) >= 11 is 0. The Bertz CT molecular complexity index is 756. The highest BCUT2D eigenvalue weighted by Crippen LogP contribution is 2.22. The van der Waals surface area contributed by atoms with Crippen LogP contribution in [0.15, 0.2) is 31.0 Å². The molecule has 0 fully saturated rings. The Kier molecular flexibility index (Phi) is 3.39. The molecule has 108 valence electrons. The average molecular weight is 283 g/mol. The highest BCUT2D eigenvalue weighted by atomic mass is 15.2. The molecule has 3 heterocycles. The van der Waals surface area contributed by atoms with Crippen molar-refractivity contribution in [2.45, 2.75) is 19.9 Å². The summed E-state index contributed by atoms with van der Waals surface area (Å²) in [6, 6.07) is 1.75. The lowest BCUT2D eigenvalue weighted by atomic mass is 10.2. The number of hydrogen-bond donors (Lipinski definition) is 1. The van der Waals surface area contributed by atoms with Crippen LogP contribution in [0.25, 0.3) is 22.8 Å². The number of rotatable bonds is 4.